The molecule has 0 heterocycles. The van der Waals surface area contributed by atoms with Crippen molar-refractivity contribution in [3.63, 3.8) is 0 Å². The smallest absolute Gasteiger partial charge is 0.254 e. The lowest BCUT2D eigenvalue weighted by Crippen LogP contribution is -2.57. The highest BCUT2D eigenvalue weighted by Gasteiger charge is 2.40. The Hall–Kier alpha value is -0.140. The Kier molecular flexibility index (Phi) is 5.13. The second-order valence-electron chi connectivity index (χ2n) is 5.76. The molecule has 1 aliphatic carbocycles. The zero-order valence-electron chi connectivity index (χ0n) is 12.1. The van der Waals surface area contributed by atoms with E-state index in [1.54, 1.807) is 0 Å². The molecule has 1 saturated carbocycles. The van der Waals surface area contributed by atoms with E-state index >= 15 is 0 Å². The van der Waals surface area contributed by atoms with Crippen LogP contribution >= 0.6 is 38.5 Å². The molecule has 1 amide bonds. The van der Waals surface area contributed by atoms with Crippen molar-refractivity contribution >= 4 is 44.4 Å². The quantitative estimate of drug-likeness (QED) is 0.654. The molecule has 0 aliphatic heterocycles. The van der Waals surface area contributed by atoms with Crippen LogP contribution in [0.5, 0.6) is 0 Å². The number of nitrogens with zero attached hydrogens (tertiary/aromatic N) is 2. The zero-order chi connectivity index (χ0) is 14.9. The molecule has 2 rings (SSSR count). The van der Waals surface area contributed by atoms with Crippen molar-refractivity contribution in [3.8, 4) is 0 Å². The summed E-state index contributed by atoms with van der Waals surface area (Å²) in [5.74, 6) is 0.101. The molecule has 110 valence electrons. The van der Waals surface area contributed by atoms with Crippen molar-refractivity contribution in [3.05, 3.63) is 31.8 Å². The molecule has 0 N–H and O–H groups in total. The fourth-order valence-corrected chi connectivity index (χ4v) is 3.64. The van der Waals surface area contributed by atoms with Crippen molar-refractivity contribution in [1.29, 1.82) is 0 Å². The van der Waals surface area contributed by atoms with E-state index in [-0.39, 0.29) is 11.4 Å². The highest BCUT2D eigenvalue weighted by atomic mass is 127. The van der Waals surface area contributed by atoms with Crippen LogP contribution in [0.1, 0.15) is 29.6 Å². The number of hydrogen-bond donors (Lipinski definition) is 0. The van der Waals surface area contributed by atoms with Crippen LogP contribution in [0.25, 0.3) is 0 Å². The third-order valence-corrected chi connectivity index (χ3v) is 5.70. The van der Waals surface area contributed by atoms with Gasteiger partial charge in [-0.1, -0.05) is 15.9 Å². The van der Waals surface area contributed by atoms with Crippen molar-refractivity contribution in [1.82, 2.24) is 9.80 Å². The van der Waals surface area contributed by atoms with Gasteiger partial charge in [-0.05, 0) is 74.1 Å². The van der Waals surface area contributed by atoms with Gasteiger partial charge in [-0.2, -0.15) is 0 Å². The molecule has 20 heavy (non-hydrogen) atoms. The summed E-state index contributed by atoms with van der Waals surface area (Å²) in [4.78, 5) is 16.8. The lowest BCUT2D eigenvalue weighted by Gasteiger charge is -2.49. The minimum atomic E-state index is 0.101. The second kappa shape index (κ2) is 6.32. The van der Waals surface area contributed by atoms with Crippen molar-refractivity contribution in [2.45, 2.75) is 24.8 Å². The van der Waals surface area contributed by atoms with Gasteiger partial charge in [-0.25, -0.2) is 0 Å². The van der Waals surface area contributed by atoms with Gasteiger partial charge in [0.15, 0.2) is 0 Å². The Balaban J connectivity index is 2.14. The summed E-state index contributed by atoms with van der Waals surface area (Å²) in [5.41, 5.74) is 0.942. The average molecular weight is 451 g/mol. The Morgan fingerprint density at radius 1 is 1.35 bits per heavy atom. The average Bonchev–Trinajstić information content (AvgIpc) is 2.35. The first-order valence-electron chi connectivity index (χ1n) is 6.74. The van der Waals surface area contributed by atoms with Crippen LogP contribution in [0.4, 0.5) is 0 Å². The summed E-state index contributed by atoms with van der Waals surface area (Å²) in [6.07, 6.45) is 3.61. The summed E-state index contributed by atoms with van der Waals surface area (Å²) in [7, 11) is 6.13. The number of rotatable bonds is 4. The van der Waals surface area contributed by atoms with Gasteiger partial charge in [0.2, 0.25) is 0 Å². The highest BCUT2D eigenvalue weighted by molar-refractivity contribution is 14.1. The van der Waals surface area contributed by atoms with Gasteiger partial charge < -0.3 is 9.80 Å². The summed E-state index contributed by atoms with van der Waals surface area (Å²) in [6.45, 7) is 0.793. The lowest BCUT2D eigenvalue weighted by atomic mass is 9.75. The fraction of sp³-hybridized carbons (Fsp3) is 0.533. The van der Waals surface area contributed by atoms with Gasteiger partial charge in [0.05, 0.1) is 5.56 Å². The van der Waals surface area contributed by atoms with E-state index in [4.69, 9.17) is 0 Å². The van der Waals surface area contributed by atoms with E-state index in [1.807, 2.05) is 30.1 Å². The molecule has 0 atom stereocenters. The number of halogens is 2. The van der Waals surface area contributed by atoms with E-state index in [0.29, 0.717) is 0 Å². The standard InChI is InChI=1S/C15H20BrIN2O/c1-18(2)15(7-4-8-15)10-19(3)14(20)12-9-11(16)5-6-13(12)17/h5-6,9H,4,7-8,10H2,1-3H3. The van der Waals surface area contributed by atoms with Gasteiger partial charge in [-0.15, -0.1) is 0 Å². The molecular weight excluding hydrogens is 431 g/mol. The van der Waals surface area contributed by atoms with E-state index in [2.05, 4.69) is 57.5 Å². The van der Waals surface area contributed by atoms with Crippen LogP contribution in [-0.2, 0) is 0 Å². The number of carbonyl (C=O) groups excluding carboxylic acids is 1. The van der Waals surface area contributed by atoms with Crippen LogP contribution < -0.4 is 0 Å². The molecule has 1 aliphatic rings. The number of carbonyl (C=O) groups is 1. The molecule has 5 heteroatoms. The van der Waals surface area contributed by atoms with Crippen molar-refractivity contribution in [2.75, 3.05) is 27.7 Å². The Morgan fingerprint density at radius 3 is 2.50 bits per heavy atom. The van der Waals surface area contributed by atoms with Crippen molar-refractivity contribution < 1.29 is 4.79 Å². The third kappa shape index (κ3) is 3.20. The molecule has 1 aromatic carbocycles. The third-order valence-electron chi connectivity index (χ3n) is 4.27. The molecule has 1 fully saturated rings. The van der Waals surface area contributed by atoms with E-state index in [0.717, 1.165) is 20.2 Å². The predicted molar refractivity (Wildman–Crippen MR) is 94.1 cm³/mol. The zero-order valence-corrected chi connectivity index (χ0v) is 15.9. The molecule has 0 spiro atoms. The Morgan fingerprint density at radius 2 is 2.00 bits per heavy atom. The largest absolute Gasteiger partial charge is 0.340 e. The first-order chi connectivity index (χ1) is 9.35. The monoisotopic (exact) mass is 450 g/mol. The molecule has 0 unspecified atom stereocenters. The second-order valence-corrected chi connectivity index (χ2v) is 7.84. The SMILES string of the molecule is CN(CC1(N(C)C)CCC1)C(=O)c1cc(Br)ccc1I. The van der Waals surface area contributed by atoms with E-state index < -0.39 is 0 Å². The van der Waals surface area contributed by atoms with Gasteiger partial charge in [0.25, 0.3) is 5.91 Å². The van der Waals surface area contributed by atoms with Crippen LogP contribution in [0.15, 0.2) is 22.7 Å². The molecule has 3 nitrogen and oxygen atoms in total. The lowest BCUT2D eigenvalue weighted by molar-refractivity contribution is 0.0252. The van der Waals surface area contributed by atoms with Gasteiger partial charge in [0, 0.05) is 27.2 Å². The van der Waals surface area contributed by atoms with Gasteiger partial charge >= 0.3 is 0 Å². The first-order valence-corrected chi connectivity index (χ1v) is 8.61. The van der Waals surface area contributed by atoms with Crippen LogP contribution in [0.2, 0.25) is 0 Å². The summed E-state index contributed by atoms with van der Waals surface area (Å²) < 4.78 is 1.94. The summed E-state index contributed by atoms with van der Waals surface area (Å²) >= 11 is 5.66. The number of likely N-dealkylation sites (N-methyl/N-ethyl adjacent to an activating group) is 2. The minimum absolute atomic E-state index is 0.101. The number of hydrogen-bond acceptors (Lipinski definition) is 2. The van der Waals surface area contributed by atoms with Gasteiger partial charge in [-0.3, -0.25) is 4.79 Å². The summed E-state index contributed by atoms with van der Waals surface area (Å²) in [6, 6.07) is 5.84. The maximum absolute atomic E-state index is 12.6. The first kappa shape index (κ1) is 16.2. The van der Waals surface area contributed by atoms with Crippen LogP contribution in [0.3, 0.4) is 0 Å². The van der Waals surface area contributed by atoms with E-state index in [1.165, 1.54) is 19.3 Å². The molecule has 0 radical (unpaired) electrons. The molecule has 0 bridgehead atoms. The fourth-order valence-electron chi connectivity index (χ4n) is 2.71. The normalized spacial score (nSPS) is 16.9. The maximum Gasteiger partial charge on any atom is 0.254 e. The molecule has 1 aromatic rings. The van der Waals surface area contributed by atoms with E-state index in [9.17, 15) is 4.79 Å². The van der Waals surface area contributed by atoms with Crippen LogP contribution in [0, 0.1) is 3.57 Å². The molecule has 0 aromatic heterocycles. The topological polar surface area (TPSA) is 23.6 Å². The number of benzene rings is 1. The molecule has 0 saturated heterocycles. The Labute approximate surface area is 143 Å². The Bertz CT molecular complexity index is 515. The minimum Gasteiger partial charge on any atom is -0.340 e. The summed E-state index contributed by atoms with van der Waals surface area (Å²) in [5, 5.41) is 0. The predicted octanol–water partition coefficient (Wildman–Crippen LogP) is 3.61. The van der Waals surface area contributed by atoms with Gasteiger partial charge in [0.1, 0.15) is 0 Å². The van der Waals surface area contributed by atoms with Crippen molar-refractivity contribution in [2.24, 2.45) is 0 Å². The number of amides is 1. The van der Waals surface area contributed by atoms with Crippen LogP contribution in [-0.4, -0.2) is 48.9 Å². The maximum atomic E-state index is 12.6. The molecular formula is C15H20BrIN2O. The highest BCUT2D eigenvalue weighted by Crippen LogP contribution is 2.37.